The molecular formula is C32H30B2F6N2O3. The number of nitrogens with one attached hydrogen (secondary N) is 2. The molecule has 13 heteroatoms. The molecule has 234 valence electrons. The maximum Gasteiger partial charge on any atom is 0.416 e. The van der Waals surface area contributed by atoms with Crippen molar-refractivity contribution in [3.8, 4) is 0 Å². The molecule has 2 N–H and O–H groups in total. The Morgan fingerprint density at radius 3 is 1.20 bits per heavy atom. The van der Waals surface area contributed by atoms with Crippen LogP contribution in [0.3, 0.4) is 0 Å². The number of anilines is 2. The van der Waals surface area contributed by atoms with E-state index in [9.17, 15) is 26.3 Å². The van der Waals surface area contributed by atoms with E-state index >= 15 is 0 Å². The fraction of sp³-hybridized carbons (Fsp3) is 0.250. The van der Waals surface area contributed by atoms with Gasteiger partial charge in [0.1, 0.15) is 0 Å². The first-order valence-corrected chi connectivity index (χ1v) is 14.1. The van der Waals surface area contributed by atoms with Crippen LogP contribution in [0.2, 0.25) is 0 Å². The summed E-state index contributed by atoms with van der Waals surface area (Å²) in [4.78, 5) is 0. The van der Waals surface area contributed by atoms with Gasteiger partial charge in [-0.3, -0.25) is 0 Å². The van der Waals surface area contributed by atoms with E-state index in [2.05, 4.69) is 10.6 Å². The molecule has 4 aromatic rings. The second-order valence-corrected chi connectivity index (χ2v) is 9.82. The van der Waals surface area contributed by atoms with Crippen LogP contribution in [0.15, 0.2) is 109 Å². The van der Waals surface area contributed by atoms with E-state index in [0.717, 1.165) is 35.4 Å². The van der Waals surface area contributed by atoms with E-state index < -0.39 is 35.5 Å². The minimum atomic E-state index is -4.39. The van der Waals surface area contributed by atoms with E-state index in [1.54, 1.807) is 15.0 Å². The van der Waals surface area contributed by atoms with Gasteiger partial charge in [0.2, 0.25) is 0 Å². The first kappa shape index (κ1) is 34.0. The number of hydrogen-bond acceptors (Lipinski definition) is 5. The Kier molecular flexibility index (Phi) is 12.4. The Hall–Kier alpha value is -3.93. The van der Waals surface area contributed by atoms with Gasteiger partial charge in [-0.2, -0.15) is 26.3 Å². The highest BCUT2D eigenvalue weighted by molar-refractivity contribution is 6.31. The molecule has 0 aliphatic rings. The average molecular weight is 626 g/mol. The maximum atomic E-state index is 12.8. The normalized spacial score (nSPS) is 13.1. The van der Waals surface area contributed by atoms with Gasteiger partial charge in [0.15, 0.2) is 0 Å². The third-order valence-corrected chi connectivity index (χ3v) is 6.51. The van der Waals surface area contributed by atoms with Crippen molar-refractivity contribution in [2.24, 2.45) is 0 Å². The summed E-state index contributed by atoms with van der Waals surface area (Å²) in [5.41, 5.74) is 1.28. The molecule has 2 radical (unpaired) electrons. The monoisotopic (exact) mass is 626 g/mol. The van der Waals surface area contributed by atoms with Gasteiger partial charge in [0.25, 0.3) is 0 Å². The topological polar surface area (TPSA) is 51.8 Å². The Labute approximate surface area is 259 Å². The van der Waals surface area contributed by atoms with Crippen LogP contribution in [0.4, 0.5) is 37.7 Å². The van der Waals surface area contributed by atoms with Gasteiger partial charge in [0.05, 0.1) is 23.1 Å². The quantitative estimate of drug-likeness (QED) is 0.0752. The first-order chi connectivity index (χ1) is 21.6. The van der Waals surface area contributed by atoms with Crippen LogP contribution in [0, 0.1) is 0 Å². The molecule has 0 amide bonds. The van der Waals surface area contributed by atoms with Crippen LogP contribution in [0.1, 0.15) is 34.3 Å². The second-order valence-electron chi connectivity index (χ2n) is 9.82. The highest BCUT2D eigenvalue weighted by Crippen LogP contribution is 2.31. The van der Waals surface area contributed by atoms with Crippen molar-refractivity contribution in [2.45, 2.75) is 24.4 Å². The van der Waals surface area contributed by atoms with Crippen molar-refractivity contribution in [1.82, 2.24) is 0 Å². The molecule has 45 heavy (non-hydrogen) atoms. The van der Waals surface area contributed by atoms with E-state index in [-0.39, 0.29) is 13.2 Å². The van der Waals surface area contributed by atoms with Crippen molar-refractivity contribution >= 4 is 26.3 Å². The number of hydrogen-bond donors (Lipinski definition) is 2. The third-order valence-electron chi connectivity index (χ3n) is 6.51. The fourth-order valence-corrected chi connectivity index (χ4v) is 4.20. The lowest BCUT2D eigenvalue weighted by Gasteiger charge is -2.24. The molecule has 0 heterocycles. The number of benzene rings is 4. The van der Waals surface area contributed by atoms with Gasteiger partial charge >= 0.3 is 27.3 Å². The Morgan fingerprint density at radius 2 is 0.867 bits per heavy atom. The smallest absolute Gasteiger partial charge is 0.416 e. The van der Waals surface area contributed by atoms with Crippen LogP contribution < -0.4 is 10.6 Å². The predicted octanol–water partition coefficient (Wildman–Crippen LogP) is 7.93. The minimum absolute atomic E-state index is 0.222. The zero-order chi connectivity index (χ0) is 32.1. The summed E-state index contributed by atoms with van der Waals surface area (Å²) in [5.74, 6) is 0. The van der Waals surface area contributed by atoms with Crippen molar-refractivity contribution in [2.75, 3.05) is 36.9 Å². The summed E-state index contributed by atoms with van der Waals surface area (Å²) in [5, 5.41) is 6.06. The Morgan fingerprint density at radius 1 is 0.511 bits per heavy atom. The van der Waals surface area contributed by atoms with Gasteiger partial charge < -0.3 is 24.7 Å². The van der Waals surface area contributed by atoms with Gasteiger partial charge in [-0.15, -0.1) is 0 Å². The molecule has 0 aromatic heterocycles. The van der Waals surface area contributed by atoms with Gasteiger partial charge in [0, 0.05) is 37.7 Å². The molecule has 0 aliphatic heterocycles. The summed E-state index contributed by atoms with van der Waals surface area (Å²) in [6, 6.07) is 27.1. The zero-order valence-corrected chi connectivity index (χ0v) is 24.0. The van der Waals surface area contributed by atoms with Crippen molar-refractivity contribution in [3.63, 3.8) is 0 Å². The molecule has 0 spiro atoms. The summed E-state index contributed by atoms with van der Waals surface area (Å²) in [6.07, 6.45) is -8.79. The molecule has 4 aromatic carbocycles. The van der Waals surface area contributed by atoms with E-state index in [0.29, 0.717) is 24.5 Å². The van der Waals surface area contributed by atoms with Gasteiger partial charge in [-0.05, 0) is 59.7 Å². The molecular weight excluding hydrogens is 596 g/mol. The molecule has 4 rings (SSSR count). The Bertz CT molecular complexity index is 1300. The largest absolute Gasteiger partial charge is 0.435 e. The van der Waals surface area contributed by atoms with Crippen LogP contribution in [-0.2, 0) is 26.4 Å². The van der Waals surface area contributed by atoms with Gasteiger partial charge in [-0.1, -0.05) is 60.7 Å². The minimum Gasteiger partial charge on any atom is -0.435 e. The SMILES string of the molecule is FC(F)(F)c1ccc(NCCO[B]C(OC([B]OCCNc2ccc(C(F)(F)F)cc2)c2ccccc2)c2ccccc2)cc1. The third kappa shape index (κ3) is 11.2. The number of alkyl halides is 6. The number of rotatable bonds is 16. The zero-order valence-electron chi connectivity index (χ0n) is 24.0. The molecule has 2 unspecified atom stereocenters. The second kappa shape index (κ2) is 16.4. The molecule has 0 saturated heterocycles. The molecule has 5 nitrogen and oxygen atoms in total. The van der Waals surface area contributed by atoms with Crippen molar-refractivity contribution < 1.29 is 40.4 Å². The number of ether oxygens (including phenoxy) is 1. The predicted molar refractivity (Wildman–Crippen MR) is 163 cm³/mol. The lowest BCUT2D eigenvalue weighted by Crippen LogP contribution is -2.25. The molecule has 0 saturated carbocycles. The molecule has 0 bridgehead atoms. The summed E-state index contributed by atoms with van der Waals surface area (Å²) in [6.45, 7) is 1.12. The van der Waals surface area contributed by atoms with Crippen molar-refractivity contribution in [1.29, 1.82) is 0 Å². The van der Waals surface area contributed by atoms with E-state index in [4.69, 9.17) is 14.0 Å². The number of halogens is 6. The van der Waals surface area contributed by atoms with Crippen LogP contribution in [-0.4, -0.2) is 41.3 Å². The van der Waals surface area contributed by atoms with Crippen molar-refractivity contribution in [3.05, 3.63) is 131 Å². The Balaban J connectivity index is 1.30. The first-order valence-electron chi connectivity index (χ1n) is 14.1. The summed E-state index contributed by atoms with van der Waals surface area (Å²) >= 11 is 0. The van der Waals surface area contributed by atoms with Crippen LogP contribution >= 0.6 is 0 Å². The average Bonchev–Trinajstić information content (AvgIpc) is 3.03. The standard InChI is InChI=1S/C32H30B2F6N2O3/c35-31(36,37)25-11-15-27(16-12-25)41-19-21-43-33-29(23-7-3-1-4-8-23)45-30(24-9-5-2-6-10-24)34-44-22-20-42-28-17-13-26(14-18-28)32(38,39)40/h1-18,29-30,41-42H,19-22H2. The summed E-state index contributed by atoms with van der Waals surface area (Å²) in [7, 11) is 3.11. The van der Waals surface area contributed by atoms with Crippen LogP contribution in [0.25, 0.3) is 0 Å². The lowest BCUT2D eigenvalue weighted by molar-refractivity contribution is -0.138. The highest BCUT2D eigenvalue weighted by Gasteiger charge is 2.30. The highest BCUT2D eigenvalue weighted by atomic mass is 19.4. The molecule has 2 atom stereocenters. The molecule has 0 aliphatic carbocycles. The fourth-order valence-electron chi connectivity index (χ4n) is 4.20. The van der Waals surface area contributed by atoms with E-state index in [1.165, 1.54) is 24.3 Å². The summed E-state index contributed by atoms with van der Waals surface area (Å²) < 4.78 is 94.8. The van der Waals surface area contributed by atoms with E-state index in [1.807, 2.05) is 60.7 Å². The molecule has 0 fully saturated rings. The van der Waals surface area contributed by atoms with Gasteiger partial charge in [-0.25, -0.2) is 0 Å². The lowest BCUT2D eigenvalue weighted by atomic mass is 9.80. The van der Waals surface area contributed by atoms with Crippen LogP contribution in [0.5, 0.6) is 0 Å². The maximum absolute atomic E-state index is 12.8.